The van der Waals surface area contributed by atoms with Crippen LogP contribution in [0, 0.1) is 0 Å². The standard InChI is InChI=1S/C7H7ClN.C4H8O2.Na/c8-6-9-7-4-2-1-3-5-7;1-2-3-4(5)6;/h1-5H,6H2;2-3H2,1H3,(H,5,6);/q-1;;+1. The molecule has 0 spiro atoms. The summed E-state index contributed by atoms with van der Waals surface area (Å²) in [5.74, 6) is -0.711. The Morgan fingerprint density at radius 3 is 2.25 bits per heavy atom. The molecule has 0 radical (unpaired) electrons. The molecule has 0 unspecified atom stereocenters. The molecule has 0 saturated carbocycles. The number of para-hydroxylation sites is 1. The summed E-state index contributed by atoms with van der Waals surface area (Å²) in [6.07, 6.45) is 1.02. The van der Waals surface area contributed by atoms with E-state index in [1.54, 1.807) is 0 Å². The Kier molecular flexibility index (Phi) is 14.6. The van der Waals surface area contributed by atoms with Crippen molar-refractivity contribution in [3.8, 4) is 0 Å². The van der Waals surface area contributed by atoms with E-state index in [1.165, 1.54) is 0 Å². The number of carboxylic acid groups (broad SMARTS) is 1. The largest absolute Gasteiger partial charge is 1.00 e. The van der Waals surface area contributed by atoms with Crippen LogP contribution in [0.2, 0.25) is 0 Å². The first kappa shape index (κ1) is 18.2. The Morgan fingerprint density at radius 1 is 1.38 bits per heavy atom. The van der Waals surface area contributed by atoms with Crippen LogP contribution in [0.5, 0.6) is 0 Å². The number of carbonyl (C=O) groups is 1. The fourth-order valence-electron chi connectivity index (χ4n) is 0.816. The third-order valence-corrected chi connectivity index (χ3v) is 1.58. The van der Waals surface area contributed by atoms with Gasteiger partial charge in [-0.3, -0.25) is 4.79 Å². The Labute approximate surface area is 123 Å². The molecule has 0 aliphatic carbocycles. The van der Waals surface area contributed by atoms with Crippen molar-refractivity contribution in [2.45, 2.75) is 19.8 Å². The molecule has 84 valence electrons. The predicted molar refractivity (Wildman–Crippen MR) is 62.7 cm³/mol. The number of carboxylic acids is 1. The van der Waals surface area contributed by atoms with Crippen molar-refractivity contribution in [3.63, 3.8) is 0 Å². The van der Waals surface area contributed by atoms with Crippen molar-refractivity contribution < 1.29 is 39.5 Å². The van der Waals surface area contributed by atoms with Crippen LogP contribution >= 0.6 is 11.6 Å². The summed E-state index contributed by atoms with van der Waals surface area (Å²) in [4.78, 5) is 9.60. The van der Waals surface area contributed by atoms with Crippen LogP contribution < -0.4 is 29.6 Å². The topological polar surface area (TPSA) is 51.4 Å². The molecule has 1 N–H and O–H groups in total. The van der Waals surface area contributed by atoms with Gasteiger partial charge in [-0.05, 0) is 6.42 Å². The van der Waals surface area contributed by atoms with Crippen molar-refractivity contribution in [2.75, 3.05) is 6.00 Å². The quantitative estimate of drug-likeness (QED) is 0.488. The van der Waals surface area contributed by atoms with Gasteiger partial charge in [-0.1, -0.05) is 43.3 Å². The van der Waals surface area contributed by atoms with Gasteiger partial charge in [0, 0.05) is 6.42 Å². The summed E-state index contributed by atoms with van der Waals surface area (Å²) >= 11 is 5.37. The van der Waals surface area contributed by atoms with E-state index in [-0.39, 0.29) is 29.6 Å². The average molecular weight is 252 g/mol. The van der Waals surface area contributed by atoms with Gasteiger partial charge in [-0.2, -0.15) is 0 Å². The molecule has 16 heavy (non-hydrogen) atoms. The van der Waals surface area contributed by atoms with Crippen molar-refractivity contribution >= 4 is 23.3 Å². The van der Waals surface area contributed by atoms with Crippen LogP contribution in [0.3, 0.4) is 0 Å². The number of halogens is 1. The minimum absolute atomic E-state index is 0. The molecule has 1 aromatic carbocycles. The molecule has 0 aliphatic heterocycles. The maximum absolute atomic E-state index is 9.60. The second kappa shape index (κ2) is 12.8. The minimum atomic E-state index is -0.711. The molecule has 5 heteroatoms. The first-order valence-electron chi connectivity index (χ1n) is 4.71. The molecule has 1 aromatic rings. The van der Waals surface area contributed by atoms with E-state index in [1.807, 2.05) is 37.3 Å². The third-order valence-electron chi connectivity index (χ3n) is 1.46. The fraction of sp³-hybridized carbons (Fsp3) is 0.364. The SMILES string of the molecule is CCCC(=O)O.ClC[N-]c1ccccc1.[Na+]. The second-order valence-corrected chi connectivity index (χ2v) is 3.00. The Balaban J connectivity index is 0. The number of rotatable bonds is 4. The molecule has 0 saturated heterocycles. The van der Waals surface area contributed by atoms with Crippen LogP contribution in [-0.4, -0.2) is 17.1 Å². The summed E-state index contributed by atoms with van der Waals surface area (Å²) in [5, 5.41) is 11.9. The Bertz CT molecular complexity index is 270. The Morgan fingerprint density at radius 2 is 1.94 bits per heavy atom. The van der Waals surface area contributed by atoms with E-state index in [0.717, 1.165) is 12.1 Å². The Hall–Kier alpha value is -0.220. The number of benzene rings is 1. The monoisotopic (exact) mass is 251 g/mol. The van der Waals surface area contributed by atoms with E-state index in [2.05, 4.69) is 5.32 Å². The molecule has 0 aromatic heterocycles. The van der Waals surface area contributed by atoms with Gasteiger partial charge in [0.25, 0.3) is 0 Å². The normalized spacial score (nSPS) is 8.12. The van der Waals surface area contributed by atoms with Crippen LogP contribution in [0.25, 0.3) is 5.32 Å². The summed E-state index contributed by atoms with van der Waals surface area (Å²) in [5.41, 5.74) is 0.938. The number of alkyl halides is 1. The maximum atomic E-state index is 9.60. The summed E-state index contributed by atoms with van der Waals surface area (Å²) < 4.78 is 0. The number of hydrogen-bond donors (Lipinski definition) is 1. The predicted octanol–water partition coefficient (Wildman–Crippen LogP) is 0.763. The van der Waals surface area contributed by atoms with E-state index in [4.69, 9.17) is 16.7 Å². The molecule has 1 rings (SSSR count). The summed E-state index contributed by atoms with van der Waals surface area (Å²) in [6.45, 7) is 1.84. The van der Waals surface area contributed by atoms with E-state index in [0.29, 0.717) is 12.4 Å². The van der Waals surface area contributed by atoms with Gasteiger partial charge in [0.1, 0.15) is 0 Å². The van der Waals surface area contributed by atoms with Crippen molar-refractivity contribution in [2.24, 2.45) is 0 Å². The van der Waals surface area contributed by atoms with Gasteiger partial charge in [0.05, 0.1) is 0 Å². The van der Waals surface area contributed by atoms with Crippen LogP contribution in [0.4, 0.5) is 5.69 Å². The van der Waals surface area contributed by atoms with Gasteiger partial charge < -0.3 is 10.4 Å². The molecular weight excluding hydrogens is 237 g/mol. The number of aliphatic carboxylic acids is 1. The minimum Gasteiger partial charge on any atom is -0.672 e. The summed E-state index contributed by atoms with van der Waals surface area (Å²) in [6, 6.07) is 10.00. The molecule has 0 atom stereocenters. The van der Waals surface area contributed by atoms with Gasteiger partial charge >= 0.3 is 35.5 Å². The van der Waals surface area contributed by atoms with Crippen LogP contribution in [-0.2, 0) is 4.79 Å². The van der Waals surface area contributed by atoms with E-state index >= 15 is 0 Å². The first-order valence-corrected chi connectivity index (χ1v) is 5.24. The van der Waals surface area contributed by atoms with Crippen LogP contribution in [0.1, 0.15) is 19.8 Å². The second-order valence-electron chi connectivity index (χ2n) is 2.76. The number of hydrogen-bond acceptors (Lipinski definition) is 1. The molecule has 0 aliphatic rings. The molecular formula is C11H15ClNNaO2. The van der Waals surface area contributed by atoms with Crippen molar-refractivity contribution in [1.29, 1.82) is 0 Å². The van der Waals surface area contributed by atoms with E-state index in [9.17, 15) is 4.79 Å². The molecule has 0 heterocycles. The zero-order valence-corrected chi connectivity index (χ0v) is 12.4. The third kappa shape index (κ3) is 11.9. The van der Waals surface area contributed by atoms with Crippen molar-refractivity contribution in [1.82, 2.24) is 0 Å². The van der Waals surface area contributed by atoms with E-state index < -0.39 is 5.97 Å². The molecule has 3 nitrogen and oxygen atoms in total. The molecule has 0 fully saturated rings. The molecule has 0 amide bonds. The molecule has 0 bridgehead atoms. The van der Waals surface area contributed by atoms with Crippen LogP contribution in [0.15, 0.2) is 30.3 Å². The van der Waals surface area contributed by atoms with Crippen molar-refractivity contribution in [3.05, 3.63) is 35.6 Å². The van der Waals surface area contributed by atoms with Gasteiger partial charge in [-0.25, -0.2) is 0 Å². The number of nitrogens with zero attached hydrogens (tertiary/aromatic N) is 1. The average Bonchev–Trinajstić information content (AvgIpc) is 2.20. The maximum Gasteiger partial charge on any atom is 1.00 e. The zero-order valence-electron chi connectivity index (χ0n) is 9.69. The first-order chi connectivity index (χ1) is 7.20. The smallest absolute Gasteiger partial charge is 0.672 e. The fourth-order valence-corrected chi connectivity index (χ4v) is 0.954. The van der Waals surface area contributed by atoms with Gasteiger partial charge in [-0.15, -0.1) is 17.3 Å². The summed E-state index contributed by atoms with van der Waals surface area (Å²) in [7, 11) is 0. The van der Waals surface area contributed by atoms with Gasteiger partial charge in [0.2, 0.25) is 0 Å². The zero-order chi connectivity index (χ0) is 11.5. The van der Waals surface area contributed by atoms with Gasteiger partial charge in [0.15, 0.2) is 0 Å².